The molecule has 0 aliphatic carbocycles. The molecule has 4 heteroatoms. The van der Waals surface area contributed by atoms with Crippen LogP contribution in [0.4, 0.5) is 0 Å². The third-order valence-electron chi connectivity index (χ3n) is 5.99. The van der Waals surface area contributed by atoms with Crippen molar-refractivity contribution < 1.29 is 9.59 Å². The Morgan fingerprint density at radius 3 is 1.91 bits per heavy atom. The van der Waals surface area contributed by atoms with Gasteiger partial charge in [0.25, 0.3) is 0 Å². The minimum Gasteiger partial charge on any atom is -0.357 e. The molecule has 0 aromatic heterocycles. The topological polar surface area (TPSA) is 49.4 Å². The first kappa shape index (κ1) is 24.2. The van der Waals surface area contributed by atoms with Crippen molar-refractivity contribution in [3.05, 3.63) is 107 Å². The summed E-state index contributed by atoms with van der Waals surface area (Å²) in [5.41, 5.74) is 4.46. The van der Waals surface area contributed by atoms with Crippen molar-refractivity contribution in [1.29, 1.82) is 0 Å². The van der Waals surface area contributed by atoms with Gasteiger partial charge in [-0.2, -0.15) is 0 Å². The molecule has 1 atom stereocenters. The van der Waals surface area contributed by atoms with E-state index in [0.29, 0.717) is 31.7 Å². The molecule has 2 amide bonds. The summed E-state index contributed by atoms with van der Waals surface area (Å²) in [5, 5.41) is 2.76. The maximum absolute atomic E-state index is 13.5. The van der Waals surface area contributed by atoms with E-state index in [0.717, 1.165) is 16.7 Å². The number of amides is 2. The second-order valence-electron chi connectivity index (χ2n) is 8.72. The Morgan fingerprint density at radius 1 is 0.788 bits per heavy atom. The summed E-state index contributed by atoms with van der Waals surface area (Å²) in [4.78, 5) is 28.2. The molecular weight excluding hydrogens is 408 g/mol. The average molecular weight is 443 g/mol. The van der Waals surface area contributed by atoms with Gasteiger partial charge in [-0.15, -0.1) is 0 Å². The number of likely N-dealkylation sites (N-methyl/N-ethyl adjacent to an activating group) is 1. The zero-order valence-electron chi connectivity index (χ0n) is 19.8. The van der Waals surface area contributed by atoms with Crippen molar-refractivity contribution >= 4 is 11.8 Å². The first-order chi connectivity index (χ1) is 16.0. The van der Waals surface area contributed by atoms with Crippen LogP contribution in [0.3, 0.4) is 0 Å². The molecule has 0 radical (unpaired) electrons. The van der Waals surface area contributed by atoms with Crippen molar-refractivity contribution in [2.45, 2.75) is 51.6 Å². The van der Waals surface area contributed by atoms with E-state index in [1.807, 2.05) is 60.7 Å². The Bertz CT molecular complexity index is 1010. The van der Waals surface area contributed by atoms with Crippen LogP contribution in [-0.4, -0.2) is 29.8 Å². The smallest absolute Gasteiger partial charge is 0.242 e. The lowest BCUT2D eigenvalue weighted by molar-refractivity contribution is -0.141. The summed E-state index contributed by atoms with van der Waals surface area (Å²) in [6.45, 7) is 4.74. The Kier molecular flexibility index (Phi) is 8.82. The quantitative estimate of drug-likeness (QED) is 0.473. The van der Waals surface area contributed by atoms with Gasteiger partial charge in [-0.3, -0.25) is 9.59 Å². The molecule has 4 nitrogen and oxygen atoms in total. The van der Waals surface area contributed by atoms with Gasteiger partial charge in [-0.05, 0) is 34.6 Å². The molecule has 172 valence electrons. The Hall–Kier alpha value is -3.40. The number of hydrogen-bond acceptors (Lipinski definition) is 2. The fourth-order valence-corrected chi connectivity index (χ4v) is 3.96. The van der Waals surface area contributed by atoms with Gasteiger partial charge in [0.2, 0.25) is 11.8 Å². The highest BCUT2D eigenvalue weighted by atomic mass is 16.2. The minimum absolute atomic E-state index is 0.0173. The van der Waals surface area contributed by atoms with Crippen LogP contribution in [0.25, 0.3) is 0 Å². The molecule has 0 saturated carbocycles. The third-order valence-corrected chi connectivity index (χ3v) is 5.99. The number of carbonyl (C=O) groups is 2. The van der Waals surface area contributed by atoms with E-state index in [1.54, 1.807) is 11.9 Å². The lowest BCUT2D eigenvalue weighted by atomic mass is 9.99. The van der Waals surface area contributed by atoms with E-state index >= 15 is 0 Å². The van der Waals surface area contributed by atoms with Gasteiger partial charge in [0, 0.05) is 26.4 Å². The number of nitrogens with one attached hydrogen (secondary N) is 1. The largest absolute Gasteiger partial charge is 0.357 e. The number of carbonyl (C=O) groups excluding carboxylic acids is 2. The Balaban J connectivity index is 1.81. The van der Waals surface area contributed by atoms with Crippen LogP contribution in [0, 0.1) is 0 Å². The number of rotatable bonds is 10. The summed E-state index contributed by atoms with van der Waals surface area (Å²) in [6, 6.07) is 27.6. The van der Waals surface area contributed by atoms with Crippen molar-refractivity contribution in [2.75, 3.05) is 7.05 Å². The first-order valence-electron chi connectivity index (χ1n) is 11.7. The molecule has 0 fully saturated rings. The Labute approximate surface area is 197 Å². The predicted octanol–water partition coefficient (Wildman–Crippen LogP) is 5.13. The maximum atomic E-state index is 13.5. The molecule has 3 rings (SSSR count). The minimum atomic E-state index is -0.576. The van der Waals surface area contributed by atoms with Crippen molar-refractivity contribution in [3.8, 4) is 0 Å². The summed E-state index contributed by atoms with van der Waals surface area (Å²) in [7, 11) is 1.63. The van der Waals surface area contributed by atoms with Gasteiger partial charge in [0.1, 0.15) is 6.04 Å². The fourth-order valence-electron chi connectivity index (χ4n) is 3.96. The highest BCUT2D eigenvalue weighted by Gasteiger charge is 2.29. The van der Waals surface area contributed by atoms with Gasteiger partial charge in [-0.1, -0.05) is 98.8 Å². The highest BCUT2D eigenvalue weighted by molar-refractivity contribution is 5.88. The van der Waals surface area contributed by atoms with Gasteiger partial charge < -0.3 is 10.2 Å². The summed E-state index contributed by atoms with van der Waals surface area (Å²) in [5.74, 6) is 0.314. The fraction of sp³-hybridized carbons (Fsp3) is 0.310. The lowest BCUT2D eigenvalue weighted by Crippen LogP contribution is -2.49. The number of aryl methyl sites for hydroxylation is 1. The standard InChI is InChI=1S/C29H34N2O2/c1-22(2)26-17-14-23(15-18-26)16-19-28(32)31(21-25-12-8-5-9-13-25)27(29(33)30-3)20-24-10-6-4-7-11-24/h4-15,17-18,22,27H,16,19-21H2,1-3H3,(H,30,33)/t27-/m1/s1. The molecule has 0 bridgehead atoms. The predicted molar refractivity (Wildman–Crippen MR) is 134 cm³/mol. The van der Waals surface area contributed by atoms with E-state index in [1.165, 1.54) is 5.56 Å². The second-order valence-corrected chi connectivity index (χ2v) is 8.72. The molecule has 0 unspecified atom stereocenters. The Morgan fingerprint density at radius 2 is 1.36 bits per heavy atom. The van der Waals surface area contributed by atoms with E-state index in [-0.39, 0.29) is 11.8 Å². The van der Waals surface area contributed by atoms with Crippen molar-refractivity contribution in [3.63, 3.8) is 0 Å². The van der Waals surface area contributed by atoms with Gasteiger partial charge in [0.05, 0.1) is 0 Å². The van der Waals surface area contributed by atoms with Crippen LogP contribution < -0.4 is 5.32 Å². The zero-order chi connectivity index (χ0) is 23.6. The van der Waals surface area contributed by atoms with Crippen LogP contribution in [0.2, 0.25) is 0 Å². The van der Waals surface area contributed by atoms with Crippen molar-refractivity contribution in [1.82, 2.24) is 10.2 Å². The lowest BCUT2D eigenvalue weighted by Gasteiger charge is -2.31. The van der Waals surface area contributed by atoms with Crippen LogP contribution in [0.1, 0.15) is 48.4 Å². The van der Waals surface area contributed by atoms with E-state index in [2.05, 4.69) is 43.4 Å². The monoisotopic (exact) mass is 442 g/mol. The molecule has 1 N–H and O–H groups in total. The third kappa shape index (κ3) is 7.04. The SMILES string of the molecule is CNC(=O)[C@@H](Cc1ccccc1)N(Cc1ccccc1)C(=O)CCc1ccc(C(C)C)cc1. The van der Waals surface area contributed by atoms with E-state index < -0.39 is 6.04 Å². The van der Waals surface area contributed by atoms with Gasteiger partial charge >= 0.3 is 0 Å². The maximum Gasteiger partial charge on any atom is 0.242 e. The molecule has 0 spiro atoms. The van der Waals surface area contributed by atoms with E-state index in [4.69, 9.17) is 0 Å². The summed E-state index contributed by atoms with van der Waals surface area (Å²) < 4.78 is 0. The van der Waals surface area contributed by atoms with Gasteiger partial charge in [-0.25, -0.2) is 0 Å². The molecule has 0 aliphatic heterocycles. The van der Waals surface area contributed by atoms with Crippen LogP contribution in [0.15, 0.2) is 84.9 Å². The van der Waals surface area contributed by atoms with Gasteiger partial charge in [0.15, 0.2) is 0 Å². The molecule has 0 heterocycles. The van der Waals surface area contributed by atoms with Crippen LogP contribution in [-0.2, 0) is 29.0 Å². The summed E-state index contributed by atoms with van der Waals surface area (Å²) >= 11 is 0. The number of nitrogens with zero attached hydrogens (tertiary/aromatic N) is 1. The number of hydrogen-bond donors (Lipinski definition) is 1. The van der Waals surface area contributed by atoms with E-state index in [9.17, 15) is 9.59 Å². The van der Waals surface area contributed by atoms with Crippen LogP contribution in [0.5, 0.6) is 0 Å². The summed E-state index contributed by atoms with van der Waals surface area (Å²) in [6.07, 6.45) is 1.48. The number of benzene rings is 3. The normalized spacial score (nSPS) is 11.8. The molecule has 3 aromatic rings. The molecule has 33 heavy (non-hydrogen) atoms. The molecule has 3 aromatic carbocycles. The van der Waals surface area contributed by atoms with Crippen LogP contribution >= 0.6 is 0 Å². The highest BCUT2D eigenvalue weighted by Crippen LogP contribution is 2.18. The zero-order valence-corrected chi connectivity index (χ0v) is 19.8. The first-order valence-corrected chi connectivity index (χ1v) is 11.7. The van der Waals surface area contributed by atoms with Crippen molar-refractivity contribution in [2.24, 2.45) is 0 Å². The molecule has 0 saturated heterocycles. The second kappa shape index (κ2) is 12.0. The average Bonchev–Trinajstić information content (AvgIpc) is 2.85. The molecular formula is C29H34N2O2. The molecule has 0 aliphatic rings.